The molecule has 1 fully saturated rings. The number of nitrogens with one attached hydrogen (secondary N) is 1. The second-order valence-electron chi connectivity index (χ2n) is 2.86. The van der Waals surface area contributed by atoms with Crippen LogP contribution in [0.25, 0.3) is 0 Å². The second kappa shape index (κ2) is 3.46. The van der Waals surface area contributed by atoms with E-state index in [9.17, 15) is 10.2 Å². The zero-order chi connectivity index (χ0) is 8.43. The number of hydrogen-bond acceptors (Lipinski definition) is 5. The molecule has 1 rings (SSSR count). The van der Waals surface area contributed by atoms with Gasteiger partial charge in [-0.1, -0.05) is 0 Å². The predicted octanol–water partition coefficient (Wildman–Crippen LogP) is -3.00. The molecule has 1 heterocycles. The molecule has 5 nitrogen and oxygen atoms in total. The maximum atomic E-state index is 9.22. The summed E-state index contributed by atoms with van der Waals surface area (Å²) in [4.78, 5) is 0. The summed E-state index contributed by atoms with van der Waals surface area (Å²) in [6, 6.07) is -0.764. The van der Waals surface area contributed by atoms with Crippen LogP contribution in [0.3, 0.4) is 0 Å². The van der Waals surface area contributed by atoms with Gasteiger partial charge in [0, 0.05) is 13.1 Å². The Morgan fingerprint density at radius 2 is 1.64 bits per heavy atom. The monoisotopic (exact) mass is 162 g/mol. The SMILES string of the molecule is N[C@@H]1[C@@H](O)[C@H](O)CNC[C@@H]1O. The van der Waals surface area contributed by atoms with Crippen molar-refractivity contribution in [2.75, 3.05) is 13.1 Å². The van der Waals surface area contributed by atoms with Crippen LogP contribution in [-0.4, -0.2) is 52.8 Å². The molecule has 0 unspecified atom stereocenters. The molecule has 0 aromatic carbocycles. The zero-order valence-corrected chi connectivity index (χ0v) is 6.14. The fraction of sp³-hybridized carbons (Fsp3) is 1.00. The van der Waals surface area contributed by atoms with E-state index in [2.05, 4.69) is 5.32 Å². The Labute approximate surface area is 64.8 Å². The number of β-amino-alcohol motifs (C(OH)–C–C–N with tert-alkyl or cyclic N) is 2. The molecule has 5 heteroatoms. The van der Waals surface area contributed by atoms with Crippen molar-refractivity contribution in [3.05, 3.63) is 0 Å². The summed E-state index contributed by atoms with van der Waals surface area (Å²) in [6.45, 7) is 0.585. The van der Waals surface area contributed by atoms with E-state index >= 15 is 0 Å². The van der Waals surface area contributed by atoms with E-state index in [4.69, 9.17) is 10.8 Å². The largest absolute Gasteiger partial charge is 0.390 e. The van der Waals surface area contributed by atoms with Gasteiger partial charge in [0.15, 0.2) is 0 Å². The minimum atomic E-state index is -1.04. The molecule has 4 atom stereocenters. The molecule has 1 aliphatic rings. The van der Waals surface area contributed by atoms with Crippen LogP contribution in [0.2, 0.25) is 0 Å². The fourth-order valence-corrected chi connectivity index (χ4v) is 1.12. The molecule has 11 heavy (non-hydrogen) atoms. The molecule has 66 valence electrons. The summed E-state index contributed by atoms with van der Waals surface area (Å²) in [6.07, 6.45) is -2.72. The maximum absolute atomic E-state index is 9.22. The first kappa shape index (κ1) is 8.89. The van der Waals surface area contributed by atoms with Crippen LogP contribution in [0, 0.1) is 0 Å². The van der Waals surface area contributed by atoms with E-state index in [0.29, 0.717) is 6.54 Å². The molecular weight excluding hydrogens is 148 g/mol. The fourth-order valence-electron chi connectivity index (χ4n) is 1.12. The Balaban J connectivity index is 2.58. The van der Waals surface area contributed by atoms with Gasteiger partial charge in [0.05, 0.1) is 24.4 Å². The highest BCUT2D eigenvalue weighted by Gasteiger charge is 2.31. The van der Waals surface area contributed by atoms with Crippen molar-refractivity contribution in [3.63, 3.8) is 0 Å². The molecule has 0 amide bonds. The number of aliphatic hydroxyl groups excluding tert-OH is 3. The molecule has 0 saturated carbocycles. The summed E-state index contributed by atoms with van der Waals surface area (Å²) in [7, 11) is 0. The van der Waals surface area contributed by atoms with E-state index < -0.39 is 24.4 Å². The minimum absolute atomic E-state index is 0.270. The van der Waals surface area contributed by atoms with E-state index in [1.165, 1.54) is 0 Å². The molecule has 0 aromatic heterocycles. The molecule has 0 radical (unpaired) electrons. The van der Waals surface area contributed by atoms with Crippen molar-refractivity contribution < 1.29 is 15.3 Å². The van der Waals surface area contributed by atoms with Crippen LogP contribution < -0.4 is 11.1 Å². The smallest absolute Gasteiger partial charge is 0.0987 e. The third-order valence-corrected chi connectivity index (χ3v) is 1.94. The van der Waals surface area contributed by atoms with Gasteiger partial charge in [-0.2, -0.15) is 0 Å². The van der Waals surface area contributed by atoms with Crippen molar-refractivity contribution in [1.82, 2.24) is 5.32 Å². The van der Waals surface area contributed by atoms with Gasteiger partial charge in [-0.15, -0.1) is 0 Å². The lowest BCUT2D eigenvalue weighted by molar-refractivity contribution is -0.00956. The van der Waals surface area contributed by atoms with Gasteiger partial charge in [-0.3, -0.25) is 0 Å². The van der Waals surface area contributed by atoms with E-state index in [0.717, 1.165) is 0 Å². The first-order valence-electron chi connectivity index (χ1n) is 3.63. The molecule has 0 aliphatic carbocycles. The maximum Gasteiger partial charge on any atom is 0.0987 e. The van der Waals surface area contributed by atoms with Crippen LogP contribution >= 0.6 is 0 Å². The Hall–Kier alpha value is -0.200. The third-order valence-electron chi connectivity index (χ3n) is 1.94. The van der Waals surface area contributed by atoms with E-state index in [1.54, 1.807) is 0 Å². The predicted molar refractivity (Wildman–Crippen MR) is 38.9 cm³/mol. The van der Waals surface area contributed by atoms with Crippen molar-refractivity contribution >= 4 is 0 Å². The van der Waals surface area contributed by atoms with Gasteiger partial charge in [-0.25, -0.2) is 0 Å². The van der Waals surface area contributed by atoms with Gasteiger partial charge in [0.2, 0.25) is 0 Å². The minimum Gasteiger partial charge on any atom is -0.390 e. The lowest BCUT2D eigenvalue weighted by Gasteiger charge is -2.22. The van der Waals surface area contributed by atoms with Crippen molar-refractivity contribution in [2.45, 2.75) is 24.4 Å². The van der Waals surface area contributed by atoms with Crippen LogP contribution in [0.15, 0.2) is 0 Å². The summed E-state index contributed by atoms with van der Waals surface area (Å²) < 4.78 is 0. The number of nitrogens with two attached hydrogens (primary N) is 1. The summed E-state index contributed by atoms with van der Waals surface area (Å²) in [5.74, 6) is 0. The van der Waals surface area contributed by atoms with Gasteiger partial charge in [0.25, 0.3) is 0 Å². The molecular formula is C6H14N2O3. The highest BCUT2D eigenvalue weighted by molar-refractivity contribution is 4.89. The number of rotatable bonds is 0. The summed E-state index contributed by atoms with van der Waals surface area (Å²) in [5, 5.41) is 30.3. The third kappa shape index (κ3) is 1.88. The van der Waals surface area contributed by atoms with Gasteiger partial charge in [-0.05, 0) is 0 Å². The molecule has 0 aromatic rings. The first-order chi connectivity index (χ1) is 5.13. The van der Waals surface area contributed by atoms with Gasteiger partial charge >= 0.3 is 0 Å². The zero-order valence-electron chi connectivity index (χ0n) is 6.14. The number of hydrogen-bond donors (Lipinski definition) is 5. The molecule has 0 bridgehead atoms. The molecule has 0 spiro atoms. The van der Waals surface area contributed by atoms with Gasteiger partial charge in [0.1, 0.15) is 0 Å². The Morgan fingerprint density at radius 3 is 2.27 bits per heavy atom. The molecule has 1 aliphatic heterocycles. The van der Waals surface area contributed by atoms with E-state index in [-0.39, 0.29) is 6.54 Å². The lowest BCUT2D eigenvalue weighted by Crippen LogP contribution is -2.49. The Morgan fingerprint density at radius 1 is 1.09 bits per heavy atom. The normalized spacial score (nSPS) is 46.9. The standard InChI is InChI=1S/C6H14N2O3/c7-5-3(9)1-8-2-4(10)6(5)11/h3-6,8-11H,1-2,7H2/t3-,4+,5-,6-/m0/s1. The van der Waals surface area contributed by atoms with E-state index in [1.807, 2.05) is 0 Å². The van der Waals surface area contributed by atoms with Crippen LogP contribution in [-0.2, 0) is 0 Å². The Bertz CT molecular complexity index is 119. The Kier molecular flexibility index (Phi) is 2.80. The average Bonchev–Trinajstić information content (AvgIpc) is 2.07. The second-order valence-corrected chi connectivity index (χ2v) is 2.86. The topological polar surface area (TPSA) is 98.7 Å². The summed E-state index contributed by atoms with van der Waals surface area (Å²) >= 11 is 0. The van der Waals surface area contributed by atoms with Crippen LogP contribution in [0.1, 0.15) is 0 Å². The van der Waals surface area contributed by atoms with Crippen molar-refractivity contribution in [2.24, 2.45) is 5.73 Å². The van der Waals surface area contributed by atoms with Crippen molar-refractivity contribution in [1.29, 1.82) is 0 Å². The average molecular weight is 162 g/mol. The lowest BCUT2D eigenvalue weighted by atomic mass is 10.0. The quantitative estimate of drug-likeness (QED) is 0.261. The molecule has 1 saturated heterocycles. The summed E-state index contributed by atoms with van der Waals surface area (Å²) in [5.41, 5.74) is 5.41. The molecule has 6 N–H and O–H groups in total. The van der Waals surface area contributed by atoms with Crippen molar-refractivity contribution in [3.8, 4) is 0 Å². The number of aliphatic hydroxyl groups is 3. The van der Waals surface area contributed by atoms with Crippen LogP contribution in [0.5, 0.6) is 0 Å². The highest BCUT2D eigenvalue weighted by atomic mass is 16.3. The van der Waals surface area contributed by atoms with Crippen LogP contribution in [0.4, 0.5) is 0 Å². The highest BCUT2D eigenvalue weighted by Crippen LogP contribution is 2.05. The van der Waals surface area contributed by atoms with Gasteiger partial charge < -0.3 is 26.4 Å². The first-order valence-corrected chi connectivity index (χ1v) is 3.63.